The van der Waals surface area contributed by atoms with Crippen LogP contribution >= 0.6 is 11.3 Å². The van der Waals surface area contributed by atoms with Gasteiger partial charge >= 0.3 is 0 Å². The molecule has 0 nitrogen and oxygen atoms in total. The van der Waals surface area contributed by atoms with Gasteiger partial charge in [0.1, 0.15) is 0 Å². The summed E-state index contributed by atoms with van der Waals surface area (Å²) in [6, 6.07) is 2.29. The van der Waals surface area contributed by atoms with E-state index in [0.29, 0.717) is 5.41 Å². The van der Waals surface area contributed by atoms with Crippen LogP contribution in [-0.4, -0.2) is 0 Å². The molecule has 1 aromatic rings. The van der Waals surface area contributed by atoms with Crippen molar-refractivity contribution in [3.8, 4) is 0 Å². The van der Waals surface area contributed by atoms with E-state index in [0.717, 1.165) is 0 Å². The molecule has 0 N–H and O–H groups in total. The van der Waals surface area contributed by atoms with Gasteiger partial charge in [0.05, 0.1) is 0 Å². The highest BCUT2D eigenvalue weighted by Crippen LogP contribution is 2.24. The summed E-state index contributed by atoms with van der Waals surface area (Å²) in [5, 5.41) is 2.22. The first-order valence-corrected chi connectivity index (χ1v) is 4.89. The fraction of sp³-hybridized carbons (Fsp3) is 0.600. The van der Waals surface area contributed by atoms with E-state index in [1.807, 2.05) is 11.3 Å². The van der Waals surface area contributed by atoms with Gasteiger partial charge < -0.3 is 0 Å². The number of hydrogen-bond acceptors (Lipinski definition) is 1. The van der Waals surface area contributed by atoms with Gasteiger partial charge in [-0.25, -0.2) is 0 Å². The van der Waals surface area contributed by atoms with Gasteiger partial charge in [-0.3, -0.25) is 0 Å². The predicted molar refractivity (Wildman–Crippen MR) is 52.2 cm³/mol. The molecule has 0 radical (unpaired) electrons. The fourth-order valence-electron chi connectivity index (χ4n) is 1.11. The highest BCUT2D eigenvalue weighted by molar-refractivity contribution is 7.10. The van der Waals surface area contributed by atoms with Crippen molar-refractivity contribution in [3.05, 3.63) is 21.9 Å². The topological polar surface area (TPSA) is 0 Å². The average molecular weight is 168 g/mol. The second-order valence-electron chi connectivity index (χ2n) is 4.33. The summed E-state index contributed by atoms with van der Waals surface area (Å²) in [5.41, 5.74) is 1.83. The van der Waals surface area contributed by atoms with Crippen LogP contribution in [-0.2, 0) is 6.42 Å². The molecular formula is C10H16S. The summed E-state index contributed by atoms with van der Waals surface area (Å²) in [5.74, 6) is 0. The van der Waals surface area contributed by atoms with E-state index >= 15 is 0 Å². The molecule has 0 spiro atoms. The molecule has 62 valence electrons. The van der Waals surface area contributed by atoms with Gasteiger partial charge in [-0.2, -0.15) is 0 Å². The predicted octanol–water partition coefficient (Wildman–Crippen LogP) is 3.65. The Bertz CT molecular complexity index is 227. The van der Waals surface area contributed by atoms with E-state index in [-0.39, 0.29) is 0 Å². The number of rotatable bonds is 1. The number of aryl methyl sites for hydroxylation is 1. The zero-order valence-electron chi connectivity index (χ0n) is 7.77. The van der Waals surface area contributed by atoms with Crippen molar-refractivity contribution in [2.24, 2.45) is 5.41 Å². The molecule has 0 aliphatic rings. The van der Waals surface area contributed by atoms with Crippen LogP contribution in [0, 0.1) is 12.3 Å². The van der Waals surface area contributed by atoms with Crippen LogP contribution in [0.4, 0.5) is 0 Å². The summed E-state index contributed by atoms with van der Waals surface area (Å²) < 4.78 is 0. The van der Waals surface area contributed by atoms with Gasteiger partial charge in [0.25, 0.3) is 0 Å². The van der Waals surface area contributed by atoms with Crippen LogP contribution < -0.4 is 0 Å². The quantitative estimate of drug-likeness (QED) is 0.600. The maximum atomic E-state index is 2.29. The summed E-state index contributed by atoms with van der Waals surface area (Å²) in [4.78, 5) is 1.51. The highest BCUT2D eigenvalue weighted by atomic mass is 32.1. The second kappa shape index (κ2) is 2.98. The molecule has 1 heteroatoms. The second-order valence-corrected chi connectivity index (χ2v) is 5.32. The molecule has 0 unspecified atom stereocenters. The molecule has 0 aliphatic carbocycles. The molecule has 0 fully saturated rings. The first-order chi connectivity index (χ1) is 4.97. The minimum atomic E-state index is 0.428. The van der Waals surface area contributed by atoms with Crippen LogP contribution in [0.1, 0.15) is 31.2 Å². The summed E-state index contributed by atoms with van der Waals surface area (Å²) >= 11 is 1.88. The summed E-state index contributed by atoms with van der Waals surface area (Å²) in [7, 11) is 0. The lowest BCUT2D eigenvalue weighted by atomic mass is 9.91. The van der Waals surface area contributed by atoms with E-state index in [9.17, 15) is 0 Å². The van der Waals surface area contributed by atoms with Gasteiger partial charge in [-0.05, 0) is 35.8 Å². The van der Waals surface area contributed by atoms with Crippen LogP contribution in [0.15, 0.2) is 11.4 Å². The Morgan fingerprint density at radius 3 is 2.36 bits per heavy atom. The van der Waals surface area contributed by atoms with Gasteiger partial charge in [-0.1, -0.05) is 20.8 Å². The van der Waals surface area contributed by atoms with Crippen molar-refractivity contribution < 1.29 is 0 Å². The number of hydrogen-bond donors (Lipinski definition) is 0. The van der Waals surface area contributed by atoms with E-state index in [2.05, 4.69) is 39.1 Å². The molecule has 1 rings (SSSR count). The lowest BCUT2D eigenvalue weighted by molar-refractivity contribution is 0.414. The zero-order valence-corrected chi connectivity index (χ0v) is 8.59. The van der Waals surface area contributed by atoms with Crippen molar-refractivity contribution in [3.63, 3.8) is 0 Å². The Morgan fingerprint density at radius 2 is 2.00 bits per heavy atom. The highest BCUT2D eigenvalue weighted by Gasteiger charge is 2.11. The largest absolute Gasteiger partial charge is 0.149 e. The van der Waals surface area contributed by atoms with Gasteiger partial charge in [0.2, 0.25) is 0 Å². The molecule has 0 saturated carbocycles. The maximum absolute atomic E-state index is 2.29. The Balaban J connectivity index is 2.65. The Morgan fingerprint density at radius 1 is 1.36 bits per heavy atom. The molecule has 0 aliphatic heterocycles. The molecule has 0 aromatic carbocycles. The summed E-state index contributed by atoms with van der Waals surface area (Å²) in [6.07, 6.45) is 1.20. The van der Waals surface area contributed by atoms with Gasteiger partial charge in [-0.15, -0.1) is 11.3 Å². The first-order valence-electron chi connectivity index (χ1n) is 4.01. The van der Waals surface area contributed by atoms with E-state index in [4.69, 9.17) is 0 Å². The third-order valence-electron chi connectivity index (χ3n) is 1.49. The van der Waals surface area contributed by atoms with Crippen molar-refractivity contribution in [1.82, 2.24) is 0 Å². The summed E-state index contributed by atoms with van der Waals surface area (Å²) in [6.45, 7) is 8.99. The average Bonchev–Trinajstić information content (AvgIpc) is 2.10. The normalized spacial score (nSPS) is 12.0. The van der Waals surface area contributed by atoms with Crippen molar-refractivity contribution >= 4 is 11.3 Å². The van der Waals surface area contributed by atoms with Gasteiger partial charge in [0.15, 0.2) is 0 Å². The molecule has 0 amide bonds. The monoisotopic (exact) mass is 168 g/mol. The molecule has 0 saturated heterocycles. The third kappa shape index (κ3) is 3.06. The van der Waals surface area contributed by atoms with Crippen molar-refractivity contribution in [2.45, 2.75) is 34.1 Å². The van der Waals surface area contributed by atoms with E-state index in [1.54, 1.807) is 0 Å². The van der Waals surface area contributed by atoms with Crippen LogP contribution in [0.3, 0.4) is 0 Å². The SMILES string of the molecule is Cc1csc(CC(C)(C)C)c1. The lowest BCUT2D eigenvalue weighted by Crippen LogP contribution is -2.07. The Labute approximate surface area is 73.3 Å². The molecule has 1 aromatic heterocycles. The number of thiophene rings is 1. The molecule has 1 heterocycles. The molecule has 11 heavy (non-hydrogen) atoms. The molecule has 0 atom stereocenters. The van der Waals surface area contributed by atoms with Crippen LogP contribution in [0.5, 0.6) is 0 Å². The zero-order chi connectivity index (χ0) is 8.48. The van der Waals surface area contributed by atoms with Crippen molar-refractivity contribution in [2.75, 3.05) is 0 Å². The maximum Gasteiger partial charge on any atom is 0.00531 e. The third-order valence-corrected chi connectivity index (χ3v) is 2.54. The fourth-order valence-corrected chi connectivity index (χ4v) is 2.28. The minimum absolute atomic E-state index is 0.428. The Kier molecular flexibility index (Phi) is 2.38. The van der Waals surface area contributed by atoms with E-state index < -0.39 is 0 Å². The smallest absolute Gasteiger partial charge is 0.00531 e. The standard InChI is InChI=1S/C10H16S/c1-8-5-9(11-7-8)6-10(2,3)4/h5,7H,6H2,1-4H3. The Hall–Kier alpha value is -0.300. The lowest BCUT2D eigenvalue weighted by Gasteiger charge is -2.16. The van der Waals surface area contributed by atoms with Crippen LogP contribution in [0.25, 0.3) is 0 Å². The molecule has 0 bridgehead atoms. The van der Waals surface area contributed by atoms with E-state index in [1.165, 1.54) is 16.9 Å². The minimum Gasteiger partial charge on any atom is -0.149 e. The molecular weight excluding hydrogens is 152 g/mol. The van der Waals surface area contributed by atoms with Gasteiger partial charge in [0, 0.05) is 4.88 Å². The first kappa shape index (κ1) is 8.79. The van der Waals surface area contributed by atoms with Crippen LogP contribution in [0.2, 0.25) is 0 Å². The van der Waals surface area contributed by atoms with Crippen molar-refractivity contribution in [1.29, 1.82) is 0 Å².